The Balaban J connectivity index is 1.34. The first-order valence-electron chi connectivity index (χ1n) is 9.59. The van der Waals surface area contributed by atoms with E-state index in [1.165, 1.54) is 62.7 Å². The minimum absolute atomic E-state index is 0.769. The van der Waals surface area contributed by atoms with Gasteiger partial charge in [-0.1, -0.05) is 49.2 Å². The summed E-state index contributed by atoms with van der Waals surface area (Å²) in [6.07, 6.45) is 9.73. The van der Waals surface area contributed by atoms with Gasteiger partial charge >= 0.3 is 0 Å². The first-order valence-corrected chi connectivity index (χ1v) is 9.59. The van der Waals surface area contributed by atoms with Crippen molar-refractivity contribution in [2.24, 2.45) is 5.92 Å². The summed E-state index contributed by atoms with van der Waals surface area (Å²) < 4.78 is 5.37. The molecule has 1 aliphatic heterocycles. The highest BCUT2D eigenvalue weighted by molar-refractivity contribution is 5.25. The molecule has 1 saturated heterocycles. The molecular weight excluding hydrogens is 308 g/mol. The number of likely N-dealkylation sites (tertiary alicyclic amines) is 1. The molecule has 1 aromatic carbocycles. The minimum atomic E-state index is 0.769. The van der Waals surface area contributed by atoms with Crippen LogP contribution in [0.2, 0.25) is 0 Å². The number of hydrogen-bond donors (Lipinski definition) is 0. The molecule has 25 heavy (non-hydrogen) atoms. The Hall–Kier alpha value is -1.87. The molecule has 3 rings (SSSR count). The number of ether oxygens (including phenoxy) is 1. The maximum Gasteiger partial charge on any atom is 0.217 e. The zero-order valence-electron chi connectivity index (χ0n) is 15.4. The van der Waals surface area contributed by atoms with Gasteiger partial charge in [0.05, 0.1) is 7.11 Å². The van der Waals surface area contributed by atoms with E-state index >= 15 is 0 Å². The zero-order chi connectivity index (χ0) is 17.3. The van der Waals surface area contributed by atoms with E-state index in [1.54, 1.807) is 13.3 Å². The molecule has 134 valence electrons. The number of piperidine rings is 1. The molecule has 0 unspecified atom stereocenters. The number of aromatic nitrogens is 1. The summed E-state index contributed by atoms with van der Waals surface area (Å²) >= 11 is 0. The van der Waals surface area contributed by atoms with Crippen LogP contribution in [0.25, 0.3) is 0 Å². The van der Waals surface area contributed by atoms with Crippen LogP contribution in [0.15, 0.2) is 48.7 Å². The second-order valence-electron chi connectivity index (χ2n) is 7.12. The minimum Gasteiger partial charge on any atom is -0.481 e. The van der Waals surface area contributed by atoms with E-state index in [2.05, 4.69) is 46.3 Å². The number of aryl methyl sites for hydroxylation is 1. The van der Waals surface area contributed by atoms with Crippen LogP contribution in [0.3, 0.4) is 0 Å². The van der Waals surface area contributed by atoms with Crippen molar-refractivity contribution in [3.63, 3.8) is 0 Å². The molecule has 0 bridgehead atoms. The average molecular weight is 338 g/mol. The average Bonchev–Trinajstić information content (AvgIpc) is 2.68. The Morgan fingerprint density at radius 1 is 1.04 bits per heavy atom. The highest BCUT2D eigenvalue weighted by Crippen LogP contribution is 2.25. The third kappa shape index (κ3) is 5.57. The van der Waals surface area contributed by atoms with Gasteiger partial charge in [-0.15, -0.1) is 0 Å². The van der Waals surface area contributed by atoms with Crippen molar-refractivity contribution in [1.82, 2.24) is 9.88 Å². The van der Waals surface area contributed by atoms with Crippen molar-refractivity contribution < 1.29 is 4.74 Å². The topological polar surface area (TPSA) is 25.4 Å². The number of pyridine rings is 1. The summed E-state index contributed by atoms with van der Waals surface area (Å²) in [6, 6.07) is 15.0. The van der Waals surface area contributed by atoms with Crippen LogP contribution in [0.5, 0.6) is 5.88 Å². The molecule has 0 spiro atoms. The number of rotatable bonds is 8. The Labute approximate surface area is 152 Å². The Kier molecular flexibility index (Phi) is 6.87. The lowest BCUT2D eigenvalue weighted by atomic mass is 9.90. The van der Waals surface area contributed by atoms with E-state index in [4.69, 9.17) is 4.74 Å². The summed E-state index contributed by atoms with van der Waals surface area (Å²) in [7, 11) is 1.70. The van der Waals surface area contributed by atoms with Gasteiger partial charge in [-0.3, -0.25) is 4.90 Å². The van der Waals surface area contributed by atoms with Gasteiger partial charge in [-0.05, 0) is 56.3 Å². The maximum absolute atomic E-state index is 5.37. The van der Waals surface area contributed by atoms with Crippen molar-refractivity contribution in [3.05, 3.63) is 59.8 Å². The lowest BCUT2D eigenvalue weighted by molar-refractivity contribution is 0.168. The van der Waals surface area contributed by atoms with E-state index < -0.39 is 0 Å². The van der Waals surface area contributed by atoms with E-state index in [0.717, 1.165) is 18.3 Å². The molecule has 3 nitrogen and oxygen atoms in total. The molecule has 3 heteroatoms. The Morgan fingerprint density at radius 2 is 1.84 bits per heavy atom. The van der Waals surface area contributed by atoms with Gasteiger partial charge in [0.2, 0.25) is 5.88 Å². The number of methoxy groups -OCH3 is 1. The van der Waals surface area contributed by atoms with Crippen molar-refractivity contribution in [3.8, 4) is 5.88 Å². The fraction of sp³-hybridized carbons (Fsp3) is 0.500. The van der Waals surface area contributed by atoms with Gasteiger partial charge in [0, 0.05) is 18.3 Å². The maximum atomic E-state index is 5.37. The van der Waals surface area contributed by atoms with Crippen LogP contribution in [0.4, 0.5) is 0 Å². The number of unbranched alkanes of at least 4 members (excludes halogenated alkanes) is 1. The highest BCUT2D eigenvalue weighted by atomic mass is 16.5. The molecule has 0 atom stereocenters. The number of benzene rings is 1. The first-order chi connectivity index (χ1) is 12.3. The molecular formula is C22H30N2O. The molecule has 1 aromatic heterocycles. The van der Waals surface area contributed by atoms with Crippen LogP contribution in [-0.4, -0.2) is 30.1 Å². The van der Waals surface area contributed by atoms with Gasteiger partial charge in [-0.2, -0.15) is 0 Å². The molecule has 0 N–H and O–H groups in total. The Bertz CT molecular complexity index is 621. The summed E-state index contributed by atoms with van der Waals surface area (Å²) in [5.74, 6) is 1.67. The molecule has 1 fully saturated rings. The summed E-state index contributed by atoms with van der Waals surface area (Å²) in [5, 5.41) is 0. The van der Waals surface area contributed by atoms with Gasteiger partial charge in [0.1, 0.15) is 0 Å². The molecule has 2 heterocycles. The largest absolute Gasteiger partial charge is 0.481 e. The van der Waals surface area contributed by atoms with Gasteiger partial charge in [-0.25, -0.2) is 4.98 Å². The monoisotopic (exact) mass is 338 g/mol. The highest BCUT2D eigenvalue weighted by Gasteiger charge is 2.20. The lowest BCUT2D eigenvalue weighted by Crippen LogP contribution is -2.33. The summed E-state index contributed by atoms with van der Waals surface area (Å²) in [6.45, 7) is 3.35. The van der Waals surface area contributed by atoms with E-state index in [9.17, 15) is 0 Å². The van der Waals surface area contributed by atoms with Crippen LogP contribution >= 0.6 is 0 Å². The zero-order valence-corrected chi connectivity index (χ0v) is 15.4. The van der Waals surface area contributed by atoms with E-state index in [1.807, 2.05) is 6.07 Å². The van der Waals surface area contributed by atoms with Crippen LogP contribution in [0, 0.1) is 5.92 Å². The quantitative estimate of drug-likeness (QED) is 0.652. The predicted octanol–water partition coefficient (Wildman–Crippen LogP) is 4.72. The van der Waals surface area contributed by atoms with Gasteiger partial charge in [0.15, 0.2) is 0 Å². The predicted molar refractivity (Wildman–Crippen MR) is 103 cm³/mol. The standard InChI is InChI=1S/C22H30N2O/c1-25-22-21(12-7-15-23-22)18-24-16-13-20(14-17-24)11-6-5-10-19-8-3-2-4-9-19/h2-4,7-9,12,15,20H,5-6,10-11,13-14,16-18H2,1H3. The number of hydrogen-bond acceptors (Lipinski definition) is 3. The van der Waals surface area contributed by atoms with Crippen molar-refractivity contribution in [2.75, 3.05) is 20.2 Å². The first kappa shape index (κ1) is 17.9. The molecule has 0 radical (unpaired) electrons. The SMILES string of the molecule is COc1ncccc1CN1CCC(CCCCc2ccccc2)CC1. The Morgan fingerprint density at radius 3 is 2.60 bits per heavy atom. The second kappa shape index (κ2) is 9.57. The van der Waals surface area contributed by atoms with Crippen molar-refractivity contribution >= 4 is 0 Å². The third-order valence-electron chi connectivity index (χ3n) is 5.32. The fourth-order valence-corrected chi connectivity index (χ4v) is 3.81. The molecule has 2 aromatic rings. The van der Waals surface area contributed by atoms with Gasteiger partial charge < -0.3 is 4.74 Å². The molecule has 1 aliphatic rings. The van der Waals surface area contributed by atoms with E-state index in [-0.39, 0.29) is 0 Å². The molecule has 0 aliphatic carbocycles. The van der Waals surface area contributed by atoms with Crippen LogP contribution < -0.4 is 4.74 Å². The molecule has 0 saturated carbocycles. The molecule has 0 amide bonds. The lowest BCUT2D eigenvalue weighted by Gasteiger charge is -2.32. The van der Waals surface area contributed by atoms with Gasteiger partial charge in [0.25, 0.3) is 0 Å². The summed E-state index contributed by atoms with van der Waals surface area (Å²) in [4.78, 5) is 6.85. The van der Waals surface area contributed by atoms with Crippen molar-refractivity contribution in [2.45, 2.75) is 45.1 Å². The number of nitrogens with zero attached hydrogens (tertiary/aromatic N) is 2. The fourth-order valence-electron chi connectivity index (χ4n) is 3.81. The second-order valence-corrected chi connectivity index (χ2v) is 7.12. The summed E-state index contributed by atoms with van der Waals surface area (Å²) in [5.41, 5.74) is 2.68. The normalized spacial score (nSPS) is 16.0. The third-order valence-corrected chi connectivity index (χ3v) is 5.32. The van der Waals surface area contributed by atoms with Crippen molar-refractivity contribution in [1.29, 1.82) is 0 Å². The smallest absolute Gasteiger partial charge is 0.217 e. The van der Waals surface area contributed by atoms with Crippen LogP contribution in [-0.2, 0) is 13.0 Å². The van der Waals surface area contributed by atoms with E-state index in [0.29, 0.717) is 0 Å². The van der Waals surface area contributed by atoms with Crippen LogP contribution in [0.1, 0.15) is 43.2 Å².